The molecule has 1 aliphatic rings. The Bertz CT molecular complexity index is 754. The number of rotatable bonds is 10. The predicted molar refractivity (Wildman–Crippen MR) is 112 cm³/mol. The van der Waals surface area contributed by atoms with Crippen LogP contribution in [0.1, 0.15) is 68.9 Å². The van der Waals surface area contributed by atoms with E-state index >= 15 is 0 Å². The largest absolute Gasteiger partial charge is 0.481 e. The molecule has 0 spiro atoms. The minimum atomic E-state index is -0.924. The highest BCUT2D eigenvalue weighted by Crippen LogP contribution is 2.39. The number of hydrogen-bond acceptors (Lipinski definition) is 4. The van der Waals surface area contributed by atoms with Gasteiger partial charge < -0.3 is 20.4 Å². The number of aryl methyl sites for hydroxylation is 1. The highest BCUT2D eigenvalue weighted by Gasteiger charge is 2.40. The monoisotopic (exact) mass is 420 g/mol. The fourth-order valence-corrected chi connectivity index (χ4v) is 4.30. The molecule has 30 heavy (non-hydrogen) atoms. The number of carboxylic acids is 1. The zero-order chi connectivity index (χ0) is 22.1. The summed E-state index contributed by atoms with van der Waals surface area (Å²) in [7, 11) is 0. The van der Waals surface area contributed by atoms with Gasteiger partial charge >= 0.3 is 5.97 Å². The molecule has 4 N–H and O–H groups in total. The van der Waals surface area contributed by atoms with E-state index in [4.69, 9.17) is 5.11 Å². The van der Waals surface area contributed by atoms with E-state index in [1.165, 1.54) is 6.07 Å². The maximum atomic E-state index is 13.8. The number of unbranched alkanes of at least 4 members (excludes halogenated alkanes) is 3. The Kier molecular flexibility index (Phi) is 9.77. The van der Waals surface area contributed by atoms with Crippen molar-refractivity contribution < 1.29 is 29.6 Å². The summed E-state index contributed by atoms with van der Waals surface area (Å²) in [6.45, 7) is 1.79. The van der Waals surface area contributed by atoms with Crippen molar-refractivity contribution in [2.24, 2.45) is 11.8 Å². The Morgan fingerprint density at radius 2 is 1.80 bits per heavy atom. The van der Waals surface area contributed by atoms with E-state index in [9.17, 15) is 24.5 Å². The molecule has 1 fully saturated rings. The second-order valence-electron chi connectivity index (χ2n) is 8.39. The van der Waals surface area contributed by atoms with Crippen LogP contribution in [-0.4, -0.2) is 44.7 Å². The minimum absolute atomic E-state index is 0.0332. The van der Waals surface area contributed by atoms with Gasteiger partial charge in [0.1, 0.15) is 11.9 Å². The van der Waals surface area contributed by atoms with Crippen LogP contribution in [0, 0.1) is 36.4 Å². The van der Waals surface area contributed by atoms with E-state index in [0.717, 1.165) is 31.2 Å². The molecule has 5 atom stereocenters. The van der Waals surface area contributed by atoms with Crippen LogP contribution in [0.2, 0.25) is 0 Å². The lowest BCUT2D eigenvalue weighted by Gasteiger charge is -2.24. The van der Waals surface area contributed by atoms with Gasteiger partial charge in [-0.15, -0.1) is 0 Å². The van der Waals surface area contributed by atoms with Crippen LogP contribution in [-0.2, 0) is 4.79 Å². The van der Waals surface area contributed by atoms with E-state index in [-0.39, 0.29) is 23.8 Å². The van der Waals surface area contributed by atoms with E-state index in [1.807, 2.05) is 0 Å². The molecule has 0 amide bonds. The van der Waals surface area contributed by atoms with Gasteiger partial charge in [-0.05, 0) is 68.6 Å². The van der Waals surface area contributed by atoms with Crippen molar-refractivity contribution >= 4 is 5.97 Å². The van der Waals surface area contributed by atoms with Crippen LogP contribution in [0.4, 0.5) is 4.39 Å². The van der Waals surface area contributed by atoms with Gasteiger partial charge in [-0.1, -0.05) is 37.2 Å². The Morgan fingerprint density at radius 3 is 2.47 bits per heavy atom. The summed E-state index contributed by atoms with van der Waals surface area (Å²) in [4.78, 5) is 10.5. The summed E-state index contributed by atoms with van der Waals surface area (Å²) in [6, 6.07) is 4.76. The van der Waals surface area contributed by atoms with Gasteiger partial charge in [-0.2, -0.15) is 0 Å². The summed E-state index contributed by atoms with van der Waals surface area (Å²) in [6.07, 6.45) is 3.35. The van der Waals surface area contributed by atoms with Gasteiger partial charge in [0, 0.05) is 6.42 Å². The van der Waals surface area contributed by atoms with Gasteiger partial charge in [0.2, 0.25) is 0 Å². The molecule has 0 aromatic heterocycles. The van der Waals surface area contributed by atoms with Gasteiger partial charge in [0.15, 0.2) is 0 Å². The van der Waals surface area contributed by atoms with Gasteiger partial charge in [0.05, 0.1) is 17.8 Å². The van der Waals surface area contributed by atoms with Crippen LogP contribution in [0.5, 0.6) is 0 Å². The Hall–Kier alpha value is -1.94. The second kappa shape index (κ2) is 12.0. The molecule has 2 rings (SSSR count). The van der Waals surface area contributed by atoms with Crippen LogP contribution in [0.15, 0.2) is 18.2 Å². The highest BCUT2D eigenvalue weighted by atomic mass is 19.1. The van der Waals surface area contributed by atoms with E-state index in [2.05, 4.69) is 11.8 Å². The third-order valence-corrected chi connectivity index (χ3v) is 5.97. The Morgan fingerprint density at radius 1 is 1.13 bits per heavy atom. The topological polar surface area (TPSA) is 98.0 Å². The lowest BCUT2D eigenvalue weighted by Crippen LogP contribution is -2.23. The normalized spacial score (nSPS) is 24.3. The Balaban J connectivity index is 1.81. The van der Waals surface area contributed by atoms with Gasteiger partial charge in [-0.3, -0.25) is 4.79 Å². The highest BCUT2D eigenvalue weighted by molar-refractivity contribution is 5.66. The first-order valence-corrected chi connectivity index (χ1v) is 10.8. The number of carboxylic acid groups (broad SMARTS) is 1. The van der Waals surface area contributed by atoms with Crippen LogP contribution in [0.25, 0.3) is 0 Å². The van der Waals surface area contributed by atoms with Crippen molar-refractivity contribution in [3.63, 3.8) is 0 Å². The zero-order valence-electron chi connectivity index (χ0n) is 17.6. The first-order valence-electron chi connectivity index (χ1n) is 10.8. The lowest BCUT2D eigenvalue weighted by atomic mass is 9.85. The fourth-order valence-electron chi connectivity index (χ4n) is 4.30. The maximum Gasteiger partial charge on any atom is 0.303 e. The van der Waals surface area contributed by atoms with Crippen molar-refractivity contribution in [1.29, 1.82) is 0 Å². The number of hydrogen-bond donors (Lipinski definition) is 4. The second-order valence-corrected chi connectivity index (χ2v) is 8.39. The van der Waals surface area contributed by atoms with Gasteiger partial charge in [0.25, 0.3) is 0 Å². The molecule has 6 heteroatoms. The molecular weight excluding hydrogens is 387 g/mol. The molecule has 0 aliphatic heterocycles. The van der Waals surface area contributed by atoms with Crippen molar-refractivity contribution in [2.45, 2.75) is 83.0 Å². The number of halogens is 1. The standard InChI is InChI=1S/C24H33FO5/c1-16-8-9-17(21(25)14-16)10-11-18(26)12-13-20-19(22(27)15-23(20)28)6-4-2-3-5-7-24(29)30/h8-9,14,18-20,22-23,26-28H,2-7,12-13,15H2,1H3,(H,29,30)/t18?,19-,20-,22+,23-/m1/s1. The molecule has 0 heterocycles. The van der Waals surface area contributed by atoms with E-state index in [0.29, 0.717) is 25.7 Å². The molecule has 1 aromatic carbocycles. The smallest absolute Gasteiger partial charge is 0.303 e. The number of benzene rings is 1. The number of aliphatic carboxylic acids is 1. The zero-order valence-corrected chi connectivity index (χ0v) is 17.6. The number of aliphatic hydroxyl groups is 3. The van der Waals surface area contributed by atoms with Gasteiger partial charge in [-0.25, -0.2) is 4.39 Å². The predicted octanol–water partition coefficient (Wildman–Crippen LogP) is 3.41. The minimum Gasteiger partial charge on any atom is -0.481 e. The molecule has 0 bridgehead atoms. The molecule has 0 saturated heterocycles. The Labute approximate surface area is 177 Å². The molecule has 166 valence electrons. The van der Waals surface area contributed by atoms with E-state index in [1.54, 1.807) is 19.1 Å². The summed E-state index contributed by atoms with van der Waals surface area (Å²) >= 11 is 0. The average molecular weight is 421 g/mol. The van der Waals surface area contributed by atoms with Crippen molar-refractivity contribution in [3.05, 3.63) is 35.1 Å². The first kappa shape index (κ1) is 24.3. The maximum absolute atomic E-state index is 13.8. The molecule has 5 nitrogen and oxygen atoms in total. The van der Waals surface area contributed by atoms with Crippen molar-refractivity contribution in [1.82, 2.24) is 0 Å². The molecular formula is C24H33FO5. The number of carbonyl (C=O) groups is 1. The molecule has 1 aliphatic carbocycles. The summed E-state index contributed by atoms with van der Waals surface area (Å²) in [5.74, 6) is 4.02. The average Bonchev–Trinajstić information content (AvgIpc) is 2.94. The van der Waals surface area contributed by atoms with Crippen LogP contribution < -0.4 is 0 Å². The lowest BCUT2D eigenvalue weighted by molar-refractivity contribution is -0.137. The SMILES string of the molecule is Cc1ccc(C#CC(O)CC[C@@H]2[C@@H](CCCCCCC(=O)O)[C@@H](O)C[C@H]2O)c(F)c1. The molecule has 1 aromatic rings. The summed E-state index contributed by atoms with van der Waals surface area (Å²) in [5, 5.41) is 39.5. The van der Waals surface area contributed by atoms with Crippen LogP contribution >= 0.6 is 0 Å². The summed E-state index contributed by atoms with van der Waals surface area (Å²) < 4.78 is 13.8. The molecule has 0 radical (unpaired) electrons. The third kappa shape index (κ3) is 7.71. The van der Waals surface area contributed by atoms with Crippen molar-refractivity contribution in [3.8, 4) is 11.8 Å². The quantitative estimate of drug-likeness (QED) is 0.344. The van der Waals surface area contributed by atoms with Crippen LogP contribution in [0.3, 0.4) is 0 Å². The summed E-state index contributed by atoms with van der Waals surface area (Å²) in [5.41, 5.74) is 1.05. The molecule has 1 unspecified atom stereocenters. The van der Waals surface area contributed by atoms with E-state index < -0.39 is 30.1 Å². The number of aliphatic hydroxyl groups excluding tert-OH is 3. The third-order valence-electron chi connectivity index (χ3n) is 5.97. The first-order chi connectivity index (χ1) is 14.3. The van der Waals surface area contributed by atoms with Crippen molar-refractivity contribution in [2.75, 3.05) is 0 Å². The molecule has 1 saturated carbocycles. The fraction of sp³-hybridized carbons (Fsp3) is 0.625.